The van der Waals surface area contributed by atoms with Gasteiger partial charge in [-0.15, -0.1) is 0 Å². The summed E-state index contributed by atoms with van der Waals surface area (Å²) < 4.78 is 24.6. The molecule has 0 saturated carbocycles. The molecule has 0 spiro atoms. The van der Waals surface area contributed by atoms with Crippen molar-refractivity contribution >= 4 is 41.0 Å². The zero-order valence-corrected chi connectivity index (χ0v) is 34.7. The summed E-state index contributed by atoms with van der Waals surface area (Å²) in [4.78, 5) is 50.7. The predicted molar refractivity (Wildman–Crippen MR) is 228 cm³/mol. The van der Waals surface area contributed by atoms with Crippen LogP contribution in [0.3, 0.4) is 0 Å². The summed E-state index contributed by atoms with van der Waals surface area (Å²) in [5, 5.41) is 13.9. The molecule has 0 unspecified atom stereocenters. The van der Waals surface area contributed by atoms with Crippen LogP contribution in [0.5, 0.6) is 28.7 Å². The maximum Gasteiger partial charge on any atom is 0.326 e. The van der Waals surface area contributed by atoms with E-state index < -0.39 is 36.0 Å². The summed E-state index contributed by atoms with van der Waals surface area (Å²) in [5.74, 6) is 0.621. The van der Waals surface area contributed by atoms with Crippen molar-refractivity contribution in [3.05, 3.63) is 170 Å². The molecule has 0 bridgehead atoms. The van der Waals surface area contributed by atoms with Gasteiger partial charge in [0, 0.05) is 43.0 Å². The largest absolute Gasteiger partial charge is 0.489 e. The Bertz CT molecular complexity index is 2590. The van der Waals surface area contributed by atoms with Crippen LogP contribution < -0.4 is 24.3 Å². The molecule has 3 atom stereocenters. The Morgan fingerprint density at radius 3 is 2.34 bits per heavy atom. The Kier molecular flexibility index (Phi) is 12.1. The number of aliphatic carboxylic acids is 1. The number of benzene rings is 4. The summed E-state index contributed by atoms with van der Waals surface area (Å²) in [5.41, 5.74) is 5.89. The lowest BCUT2D eigenvalue weighted by atomic mass is 9.91. The molecule has 12 nitrogen and oxygen atoms in total. The number of aromatic nitrogens is 2. The van der Waals surface area contributed by atoms with Crippen LogP contribution in [0, 0.1) is 13.8 Å². The second kappa shape index (κ2) is 17.9. The van der Waals surface area contributed by atoms with E-state index in [2.05, 4.69) is 15.3 Å². The second-order valence-electron chi connectivity index (χ2n) is 14.8. The number of halogens is 2. The number of ether oxygens (including phenoxy) is 4. The second-order valence-corrected chi connectivity index (χ2v) is 15.6. The van der Waals surface area contributed by atoms with E-state index in [-0.39, 0.29) is 31.7 Å². The van der Waals surface area contributed by atoms with E-state index in [0.29, 0.717) is 51.0 Å². The van der Waals surface area contributed by atoms with Gasteiger partial charge in [-0.2, -0.15) is 0 Å². The van der Waals surface area contributed by atoms with Gasteiger partial charge in [0.2, 0.25) is 5.91 Å². The summed E-state index contributed by atoms with van der Waals surface area (Å²) in [6, 6.07) is 28.0. The van der Waals surface area contributed by atoms with Crippen molar-refractivity contribution in [1.82, 2.24) is 20.2 Å². The minimum atomic E-state index is -1.28. The smallest absolute Gasteiger partial charge is 0.326 e. The zero-order valence-electron chi connectivity index (χ0n) is 33.1. The average Bonchev–Trinajstić information content (AvgIpc) is 3.27. The van der Waals surface area contributed by atoms with Crippen LogP contribution in [0.15, 0.2) is 116 Å². The van der Waals surface area contributed by atoms with Gasteiger partial charge in [0.1, 0.15) is 48.2 Å². The average molecular weight is 860 g/mol. The third-order valence-electron chi connectivity index (χ3n) is 10.8. The van der Waals surface area contributed by atoms with Crippen molar-refractivity contribution in [3.8, 4) is 28.7 Å². The number of carbonyl (C=O) groups is 3. The highest BCUT2D eigenvalue weighted by Crippen LogP contribution is 2.41. The Morgan fingerprint density at radius 2 is 1.61 bits per heavy atom. The molecule has 8 rings (SSSR count). The lowest BCUT2D eigenvalue weighted by molar-refractivity contribution is -0.142. The monoisotopic (exact) mass is 858 g/mol. The number of fused-ring (bicyclic) bond motifs is 2. The van der Waals surface area contributed by atoms with E-state index in [0.717, 1.165) is 33.5 Å². The number of hydrogen-bond acceptors (Lipinski definition) is 9. The molecule has 0 saturated heterocycles. The third-order valence-corrected chi connectivity index (χ3v) is 11.5. The maximum atomic E-state index is 14.1. The summed E-state index contributed by atoms with van der Waals surface area (Å²) in [7, 11) is 0. The van der Waals surface area contributed by atoms with Gasteiger partial charge in [-0.3, -0.25) is 19.6 Å². The molecule has 0 aliphatic carbocycles. The van der Waals surface area contributed by atoms with E-state index >= 15 is 0 Å². The fourth-order valence-electron chi connectivity index (χ4n) is 7.23. The van der Waals surface area contributed by atoms with Gasteiger partial charge in [0.05, 0.1) is 10.0 Å². The Labute approximate surface area is 362 Å². The van der Waals surface area contributed by atoms with Crippen LogP contribution in [0.1, 0.15) is 55.7 Å². The Balaban J connectivity index is 0.966. The lowest BCUT2D eigenvalue weighted by Crippen LogP contribution is -2.56. The van der Waals surface area contributed by atoms with Crippen LogP contribution in [0.4, 0.5) is 0 Å². The lowest BCUT2D eigenvalue weighted by Gasteiger charge is -2.37. The first-order valence-corrected chi connectivity index (χ1v) is 20.3. The van der Waals surface area contributed by atoms with Crippen LogP contribution in [-0.4, -0.2) is 56.4 Å². The van der Waals surface area contributed by atoms with Crippen molar-refractivity contribution in [2.75, 3.05) is 6.61 Å². The van der Waals surface area contributed by atoms with Crippen molar-refractivity contribution in [3.63, 3.8) is 0 Å². The minimum absolute atomic E-state index is 0.000571. The van der Waals surface area contributed by atoms with E-state index in [1.54, 1.807) is 66.9 Å². The van der Waals surface area contributed by atoms with E-state index in [1.165, 1.54) is 11.1 Å². The first kappa shape index (κ1) is 41.1. The molecule has 2 aliphatic heterocycles. The van der Waals surface area contributed by atoms with Crippen LogP contribution in [0.2, 0.25) is 10.0 Å². The van der Waals surface area contributed by atoms with E-state index in [4.69, 9.17) is 42.1 Å². The molecule has 4 heterocycles. The van der Waals surface area contributed by atoms with E-state index in [1.807, 2.05) is 56.3 Å². The number of carbonyl (C=O) groups excluding carboxylic acids is 2. The highest BCUT2D eigenvalue weighted by atomic mass is 35.5. The van der Waals surface area contributed by atoms with Gasteiger partial charge in [0.25, 0.3) is 5.91 Å². The highest BCUT2D eigenvalue weighted by Gasteiger charge is 2.38. The van der Waals surface area contributed by atoms with Gasteiger partial charge < -0.3 is 34.3 Å². The summed E-state index contributed by atoms with van der Waals surface area (Å²) >= 11 is 12.2. The number of pyridine rings is 2. The van der Waals surface area contributed by atoms with Crippen molar-refractivity contribution in [2.24, 2.45) is 0 Å². The molecular weight excluding hydrogens is 819 g/mol. The minimum Gasteiger partial charge on any atom is -0.489 e. The number of amides is 2. The molecule has 0 radical (unpaired) electrons. The third kappa shape index (κ3) is 9.41. The topological polar surface area (TPSA) is 149 Å². The fourth-order valence-corrected chi connectivity index (χ4v) is 7.55. The number of nitrogens with zero attached hydrogens (tertiary/aromatic N) is 3. The van der Waals surface area contributed by atoms with Crippen LogP contribution >= 0.6 is 23.2 Å². The number of nitrogens with one attached hydrogen (secondary N) is 1. The highest BCUT2D eigenvalue weighted by molar-refractivity contribution is 6.42. The quantitative estimate of drug-likeness (QED) is 0.122. The Hall–Kier alpha value is -6.63. The number of carboxylic acids is 1. The SMILES string of the molecule is Cc1nccc(Oc2ccc(C[C@H](NC(=O)[C@@H]3Cc4cc5c(cc4CN3C(=O)c3ccccn3)O[C@@H](c3ccc(OCc4ccc(Cl)c(Cl)c4)cc3)CO5)C(=O)O)cc2)c1C. The van der Waals surface area contributed by atoms with Crippen molar-refractivity contribution < 1.29 is 38.4 Å². The normalized spacial score (nSPS) is 15.9. The van der Waals surface area contributed by atoms with Gasteiger partial charge in [-0.25, -0.2) is 4.79 Å². The van der Waals surface area contributed by atoms with Crippen LogP contribution in [0.25, 0.3) is 0 Å². The van der Waals surface area contributed by atoms with Crippen molar-refractivity contribution in [1.29, 1.82) is 0 Å². The molecule has 2 N–H and O–H groups in total. The number of rotatable bonds is 12. The molecule has 2 aromatic heterocycles. The van der Waals surface area contributed by atoms with Gasteiger partial charge in [-0.05, 0) is 108 Å². The number of hydrogen-bond donors (Lipinski definition) is 2. The first-order chi connectivity index (χ1) is 29.5. The molecule has 61 heavy (non-hydrogen) atoms. The van der Waals surface area contributed by atoms with Gasteiger partial charge >= 0.3 is 5.97 Å². The standard InChI is InChI=1S/C47H40Cl2N4O8/c1-27-28(2)50-18-16-41(27)60-35-11-6-29(7-12-35)20-39(47(56)57)52-45(54)40-21-32-22-42-43(23-33(32)24-53(40)46(55)38-5-3-4-17-51-38)61-44(26-59-42)31-9-13-34(14-10-31)58-25-30-8-15-36(48)37(49)19-30/h3-19,22-23,39-40,44H,20-21,24-26H2,1-2H3,(H,52,54)(H,56,57)/t39-,40-,44+/m0/s1. The van der Waals surface area contributed by atoms with Gasteiger partial charge in [0.15, 0.2) is 17.6 Å². The fraction of sp³-hybridized carbons (Fsp3) is 0.213. The first-order valence-electron chi connectivity index (χ1n) is 19.5. The molecule has 2 aliphatic rings. The maximum absolute atomic E-state index is 14.1. The summed E-state index contributed by atoms with van der Waals surface area (Å²) in [6.07, 6.45) is 2.87. The molecule has 14 heteroatoms. The predicted octanol–water partition coefficient (Wildman–Crippen LogP) is 8.66. The van der Waals surface area contributed by atoms with Crippen molar-refractivity contribution in [2.45, 2.75) is 58.0 Å². The number of aryl methyl sites for hydroxylation is 1. The summed E-state index contributed by atoms with van der Waals surface area (Å²) in [6.45, 7) is 4.43. The molecule has 2 amide bonds. The Morgan fingerprint density at radius 1 is 0.852 bits per heavy atom. The number of carboxylic acid groups (broad SMARTS) is 1. The molecule has 0 fully saturated rings. The molecule has 6 aromatic rings. The molecule has 310 valence electrons. The van der Waals surface area contributed by atoms with Gasteiger partial charge in [-0.1, -0.05) is 59.6 Å². The zero-order chi connectivity index (χ0) is 42.6. The van der Waals surface area contributed by atoms with E-state index in [9.17, 15) is 19.5 Å². The molecule has 4 aromatic carbocycles. The molecular formula is C47H40Cl2N4O8. The van der Waals surface area contributed by atoms with Crippen LogP contribution in [-0.2, 0) is 35.6 Å².